The number of terminal acetylenes is 1. The van der Waals surface area contributed by atoms with Crippen LogP contribution < -0.4 is 0 Å². The summed E-state index contributed by atoms with van der Waals surface area (Å²) >= 11 is 0. The van der Waals surface area contributed by atoms with E-state index in [-0.39, 0.29) is 5.56 Å². The quantitative estimate of drug-likeness (QED) is 0.554. The smallest absolute Gasteiger partial charge is 0.296 e. The van der Waals surface area contributed by atoms with Crippen molar-refractivity contribution in [2.45, 2.75) is 5.44 Å². The van der Waals surface area contributed by atoms with Gasteiger partial charge in [0, 0.05) is 5.56 Å². The van der Waals surface area contributed by atoms with Crippen LogP contribution in [0.3, 0.4) is 0 Å². The van der Waals surface area contributed by atoms with E-state index in [1.165, 1.54) is 24.3 Å². The van der Waals surface area contributed by atoms with Crippen molar-refractivity contribution in [2.24, 2.45) is 0 Å². The van der Waals surface area contributed by atoms with Gasteiger partial charge in [-0.3, -0.25) is 4.55 Å². The number of aliphatic hydroxyl groups excluding tert-OH is 1. The summed E-state index contributed by atoms with van der Waals surface area (Å²) in [5, 5.41) is 9.13. The second kappa shape index (κ2) is 3.80. The summed E-state index contributed by atoms with van der Waals surface area (Å²) in [6.45, 7) is 0. The summed E-state index contributed by atoms with van der Waals surface area (Å²) in [7, 11) is -4.47. The molecule has 1 atom stereocenters. The standard InChI is InChI=1S/C9H8O4S/c1-2-7-3-5-8(6-4-7)9(10)14(11,12)13/h1,3-6,9-10H,(H,11,12,13). The van der Waals surface area contributed by atoms with Gasteiger partial charge >= 0.3 is 0 Å². The van der Waals surface area contributed by atoms with Crippen molar-refractivity contribution in [3.8, 4) is 12.3 Å². The Hall–Kier alpha value is -1.35. The summed E-state index contributed by atoms with van der Waals surface area (Å²) in [5.74, 6) is 2.34. The molecule has 0 aliphatic rings. The molecular formula is C9H8O4S. The minimum atomic E-state index is -4.47. The van der Waals surface area contributed by atoms with Gasteiger partial charge in [-0.05, 0) is 17.7 Å². The molecule has 0 bridgehead atoms. The van der Waals surface area contributed by atoms with E-state index in [4.69, 9.17) is 16.1 Å². The van der Waals surface area contributed by atoms with Crippen molar-refractivity contribution in [3.63, 3.8) is 0 Å². The summed E-state index contributed by atoms with van der Waals surface area (Å²) < 4.78 is 29.7. The molecule has 14 heavy (non-hydrogen) atoms. The fourth-order valence-corrected chi connectivity index (χ4v) is 1.42. The third-order valence-electron chi connectivity index (χ3n) is 1.64. The first kappa shape index (κ1) is 10.7. The molecule has 0 radical (unpaired) electrons. The first-order valence-corrected chi connectivity index (χ1v) is 5.16. The maximum Gasteiger partial charge on any atom is 0.296 e. The van der Waals surface area contributed by atoms with Crippen LogP contribution in [-0.2, 0) is 10.1 Å². The summed E-state index contributed by atoms with van der Waals surface area (Å²) in [6.07, 6.45) is 5.08. The first-order chi connectivity index (χ1) is 6.45. The van der Waals surface area contributed by atoms with Gasteiger partial charge in [0.25, 0.3) is 10.1 Å². The minimum absolute atomic E-state index is 0.0755. The van der Waals surface area contributed by atoms with Crippen molar-refractivity contribution < 1.29 is 18.1 Å². The normalized spacial score (nSPS) is 13.2. The summed E-state index contributed by atoms with van der Waals surface area (Å²) in [5.41, 5.74) is -1.28. The van der Waals surface area contributed by atoms with Gasteiger partial charge in [-0.15, -0.1) is 6.42 Å². The largest absolute Gasteiger partial charge is 0.371 e. The Morgan fingerprint density at radius 2 is 1.79 bits per heavy atom. The highest BCUT2D eigenvalue weighted by atomic mass is 32.2. The molecule has 2 N–H and O–H groups in total. The van der Waals surface area contributed by atoms with Gasteiger partial charge in [0.05, 0.1) is 0 Å². The zero-order valence-corrected chi connectivity index (χ0v) is 7.90. The van der Waals surface area contributed by atoms with E-state index in [1.807, 2.05) is 0 Å². The summed E-state index contributed by atoms with van der Waals surface area (Å²) in [6, 6.07) is 5.63. The molecular weight excluding hydrogens is 204 g/mol. The Labute approximate surface area is 81.9 Å². The molecule has 4 nitrogen and oxygen atoms in total. The molecule has 0 aliphatic heterocycles. The minimum Gasteiger partial charge on any atom is -0.371 e. The van der Waals surface area contributed by atoms with Crippen LogP contribution in [0.25, 0.3) is 0 Å². The predicted molar refractivity (Wildman–Crippen MR) is 50.9 cm³/mol. The van der Waals surface area contributed by atoms with Crippen LogP contribution in [0.15, 0.2) is 24.3 Å². The number of benzene rings is 1. The van der Waals surface area contributed by atoms with Gasteiger partial charge in [0.15, 0.2) is 0 Å². The fourth-order valence-electron chi connectivity index (χ4n) is 0.916. The highest BCUT2D eigenvalue weighted by molar-refractivity contribution is 7.85. The molecule has 5 heteroatoms. The number of rotatable bonds is 2. The average Bonchev–Trinajstić information content (AvgIpc) is 2.15. The second-order valence-corrected chi connectivity index (χ2v) is 4.11. The Kier molecular flexibility index (Phi) is 2.91. The molecule has 0 heterocycles. The van der Waals surface area contributed by atoms with Crippen molar-refractivity contribution >= 4 is 10.1 Å². The highest BCUT2D eigenvalue weighted by Gasteiger charge is 2.21. The van der Waals surface area contributed by atoms with E-state index in [0.717, 1.165) is 0 Å². The molecule has 74 valence electrons. The van der Waals surface area contributed by atoms with E-state index in [2.05, 4.69) is 5.92 Å². The van der Waals surface area contributed by atoms with Crippen LogP contribution in [-0.4, -0.2) is 18.1 Å². The SMILES string of the molecule is C#Cc1ccc(C(O)S(=O)(=O)O)cc1. The highest BCUT2D eigenvalue weighted by Crippen LogP contribution is 2.18. The van der Waals surface area contributed by atoms with Crippen LogP contribution in [0, 0.1) is 12.3 Å². The van der Waals surface area contributed by atoms with E-state index in [1.54, 1.807) is 0 Å². The predicted octanol–water partition coefficient (Wildman–Crippen LogP) is 0.547. The van der Waals surface area contributed by atoms with Gasteiger partial charge in [0.2, 0.25) is 5.44 Å². The Morgan fingerprint density at radius 3 is 2.14 bits per heavy atom. The van der Waals surface area contributed by atoms with Crippen molar-refractivity contribution in [2.75, 3.05) is 0 Å². The van der Waals surface area contributed by atoms with Crippen LogP contribution >= 0.6 is 0 Å². The first-order valence-electron chi connectivity index (χ1n) is 3.66. The molecule has 1 rings (SSSR count). The lowest BCUT2D eigenvalue weighted by Gasteiger charge is -2.06. The van der Waals surface area contributed by atoms with E-state index in [9.17, 15) is 8.42 Å². The lowest BCUT2D eigenvalue weighted by molar-refractivity contribution is 0.238. The fraction of sp³-hybridized carbons (Fsp3) is 0.111. The van der Waals surface area contributed by atoms with E-state index in [0.29, 0.717) is 5.56 Å². The van der Waals surface area contributed by atoms with Crippen LogP contribution in [0.5, 0.6) is 0 Å². The van der Waals surface area contributed by atoms with Gasteiger partial charge in [0.1, 0.15) is 0 Å². The Balaban J connectivity index is 3.06. The molecule has 0 fully saturated rings. The molecule has 0 amide bonds. The third kappa shape index (κ3) is 2.33. The Bertz CT molecular complexity index is 453. The van der Waals surface area contributed by atoms with Crippen LogP contribution in [0.1, 0.15) is 16.6 Å². The van der Waals surface area contributed by atoms with Crippen LogP contribution in [0.2, 0.25) is 0 Å². The zero-order valence-electron chi connectivity index (χ0n) is 7.08. The lowest BCUT2D eigenvalue weighted by Crippen LogP contribution is -2.10. The second-order valence-electron chi connectivity index (χ2n) is 2.63. The van der Waals surface area contributed by atoms with Crippen molar-refractivity contribution in [1.29, 1.82) is 0 Å². The topological polar surface area (TPSA) is 74.6 Å². The monoisotopic (exact) mass is 212 g/mol. The molecule has 0 saturated carbocycles. The molecule has 1 unspecified atom stereocenters. The third-order valence-corrected chi connectivity index (χ3v) is 2.48. The Morgan fingerprint density at radius 1 is 1.29 bits per heavy atom. The maximum absolute atomic E-state index is 10.6. The van der Waals surface area contributed by atoms with Gasteiger partial charge in [-0.25, -0.2) is 0 Å². The maximum atomic E-state index is 10.6. The van der Waals surface area contributed by atoms with E-state index < -0.39 is 15.6 Å². The van der Waals surface area contributed by atoms with Crippen molar-refractivity contribution in [3.05, 3.63) is 35.4 Å². The summed E-state index contributed by atoms with van der Waals surface area (Å²) in [4.78, 5) is 0. The lowest BCUT2D eigenvalue weighted by atomic mass is 10.1. The van der Waals surface area contributed by atoms with Gasteiger partial charge in [-0.2, -0.15) is 8.42 Å². The molecule has 1 aromatic carbocycles. The zero-order chi connectivity index (χ0) is 10.8. The number of hydrogen-bond acceptors (Lipinski definition) is 3. The molecule has 1 aromatic rings. The number of hydrogen-bond donors (Lipinski definition) is 2. The molecule has 0 aliphatic carbocycles. The van der Waals surface area contributed by atoms with Gasteiger partial charge in [-0.1, -0.05) is 18.1 Å². The van der Waals surface area contributed by atoms with Crippen molar-refractivity contribution in [1.82, 2.24) is 0 Å². The molecule has 0 saturated heterocycles. The van der Waals surface area contributed by atoms with Gasteiger partial charge < -0.3 is 5.11 Å². The average molecular weight is 212 g/mol. The number of aliphatic hydroxyl groups is 1. The molecule has 0 aromatic heterocycles. The molecule has 0 spiro atoms. The van der Waals surface area contributed by atoms with E-state index >= 15 is 0 Å². The van der Waals surface area contributed by atoms with Crippen LogP contribution in [0.4, 0.5) is 0 Å².